The number of nitrogens with zero attached hydrogens (tertiary/aromatic N) is 2. The number of halogens is 2. The van der Waals surface area contributed by atoms with Gasteiger partial charge in [-0.15, -0.1) is 0 Å². The van der Waals surface area contributed by atoms with Crippen molar-refractivity contribution < 1.29 is 28.4 Å². The monoisotopic (exact) mass is 580 g/mol. The topological polar surface area (TPSA) is 147 Å². The van der Waals surface area contributed by atoms with Crippen molar-refractivity contribution in [2.45, 2.75) is 55.7 Å². The first-order chi connectivity index (χ1) is 16.8. The van der Waals surface area contributed by atoms with Crippen LogP contribution in [-0.2, 0) is 30.6 Å². The minimum atomic E-state index is -3.42. The summed E-state index contributed by atoms with van der Waals surface area (Å²) in [4.78, 5) is 28.3. The summed E-state index contributed by atoms with van der Waals surface area (Å²) in [6.07, 6.45) is -2.93. The van der Waals surface area contributed by atoms with Gasteiger partial charge in [0.25, 0.3) is 0 Å². The molecule has 0 aliphatic carbocycles. The van der Waals surface area contributed by atoms with E-state index in [0.29, 0.717) is 5.75 Å². The average Bonchev–Trinajstić information content (AvgIpc) is 3.01. The Labute approximate surface area is 223 Å². The van der Waals surface area contributed by atoms with Gasteiger partial charge in [0.2, 0.25) is 0 Å². The van der Waals surface area contributed by atoms with E-state index in [1.807, 2.05) is 0 Å². The van der Waals surface area contributed by atoms with E-state index in [9.17, 15) is 14.7 Å². The number of nitrogen functional groups attached to an aromatic ring is 1. The number of aromatic nitrogens is 2. The number of hydrogen-bond donors (Lipinski definition) is 3. The molecule has 2 heterocycles. The highest BCUT2D eigenvalue weighted by molar-refractivity contribution is 8.09. The summed E-state index contributed by atoms with van der Waals surface area (Å²) in [6.45, 7) is 1.25. The zero-order chi connectivity index (χ0) is 26.7. The fraction of sp³-hybridized carbons (Fsp3) is 0.476. The molecule has 198 valence electrons. The molecule has 0 saturated carbocycles. The SMILES string of the molecule is CC(C)OC(=O)C(C)NP(=S)(OC[C@H]1O[C@@H](n2ccc(N)nc2=O)C(Cl)(Cl)[C@@H]1O)Oc1ccccc1. The third-order valence-electron chi connectivity index (χ3n) is 4.92. The highest BCUT2D eigenvalue weighted by Crippen LogP contribution is 2.49. The Bertz CT molecular complexity index is 1170. The molecule has 1 saturated heterocycles. The fourth-order valence-electron chi connectivity index (χ4n) is 3.22. The molecule has 1 aromatic heterocycles. The van der Waals surface area contributed by atoms with Crippen LogP contribution in [0.15, 0.2) is 47.4 Å². The van der Waals surface area contributed by atoms with E-state index >= 15 is 0 Å². The minimum Gasteiger partial charge on any atom is -0.462 e. The zero-order valence-corrected chi connectivity index (χ0v) is 22.8. The van der Waals surface area contributed by atoms with E-state index < -0.39 is 47.1 Å². The van der Waals surface area contributed by atoms with Crippen LogP contribution < -0.4 is 21.0 Å². The van der Waals surface area contributed by atoms with Gasteiger partial charge in [-0.25, -0.2) is 9.88 Å². The summed E-state index contributed by atoms with van der Waals surface area (Å²) in [6, 6.07) is 9.11. The maximum absolute atomic E-state index is 12.4. The largest absolute Gasteiger partial charge is 0.462 e. The molecule has 5 atom stereocenters. The van der Waals surface area contributed by atoms with E-state index in [1.165, 1.54) is 12.3 Å². The molecule has 11 nitrogen and oxygen atoms in total. The smallest absolute Gasteiger partial charge is 0.351 e. The quantitative estimate of drug-likeness (QED) is 0.216. The first-order valence-corrected chi connectivity index (χ1v) is 14.3. The Morgan fingerprint density at radius 2 is 2.00 bits per heavy atom. The summed E-state index contributed by atoms with van der Waals surface area (Å²) in [5.41, 5.74) is 4.76. The molecule has 1 fully saturated rings. The number of para-hydroxylation sites is 1. The normalized spacial score (nSPS) is 23.7. The number of carbonyl (C=O) groups is 1. The van der Waals surface area contributed by atoms with Crippen molar-refractivity contribution in [3.63, 3.8) is 0 Å². The number of aliphatic hydroxyl groups excluding tert-OH is 1. The molecule has 2 unspecified atom stereocenters. The van der Waals surface area contributed by atoms with Crippen LogP contribution in [-0.4, -0.2) is 55.9 Å². The highest BCUT2D eigenvalue weighted by Gasteiger charge is 2.56. The maximum atomic E-state index is 12.4. The van der Waals surface area contributed by atoms with Gasteiger partial charge in [-0.05, 0) is 50.8 Å². The van der Waals surface area contributed by atoms with Gasteiger partial charge in [0.15, 0.2) is 10.6 Å². The lowest BCUT2D eigenvalue weighted by Gasteiger charge is -2.28. The first kappa shape index (κ1) is 28.8. The Hall–Kier alpha value is -1.76. The predicted octanol–water partition coefficient (Wildman–Crippen LogP) is 2.51. The highest BCUT2D eigenvalue weighted by atomic mass is 35.5. The van der Waals surface area contributed by atoms with E-state index in [4.69, 9.17) is 59.3 Å². The molecule has 0 spiro atoms. The van der Waals surface area contributed by atoms with Gasteiger partial charge in [-0.3, -0.25) is 9.36 Å². The summed E-state index contributed by atoms with van der Waals surface area (Å²) in [7, 11) is 0. The Morgan fingerprint density at radius 1 is 1.33 bits per heavy atom. The molecule has 2 aromatic rings. The predicted molar refractivity (Wildman–Crippen MR) is 138 cm³/mol. The Morgan fingerprint density at radius 3 is 2.61 bits per heavy atom. The Balaban J connectivity index is 1.79. The van der Waals surface area contributed by atoms with Crippen molar-refractivity contribution >= 4 is 53.4 Å². The number of hydrogen-bond acceptors (Lipinski definition) is 10. The van der Waals surface area contributed by atoms with E-state index in [2.05, 4.69) is 10.1 Å². The second kappa shape index (κ2) is 11.7. The molecule has 1 aliphatic rings. The van der Waals surface area contributed by atoms with Crippen LogP contribution in [0, 0.1) is 0 Å². The lowest BCUT2D eigenvalue weighted by Crippen LogP contribution is -2.40. The molecule has 4 N–H and O–H groups in total. The lowest BCUT2D eigenvalue weighted by molar-refractivity contribution is -0.149. The number of alkyl halides is 2. The second-order valence-electron chi connectivity index (χ2n) is 8.22. The number of ether oxygens (including phenoxy) is 2. The first-order valence-electron chi connectivity index (χ1n) is 10.9. The average molecular weight is 581 g/mol. The molecule has 0 bridgehead atoms. The number of nitrogens with one attached hydrogen (secondary N) is 1. The van der Waals surface area contributed by atoms with Crippen molar-refractivity contribution in [2.24, 2.45) is 0 Å². The van der Waals surface area contributed by atoms with Gasteiger partial charge in [0.05, 0.1) is 12.7 Å². The van der Waals surface area contributed by atoms with Crippen LogP contribution in [0.5, 0.6) is 5.75 Å². The molecule has 3 rings (SSSR count). The van der Waals surface area contributed by atoms with E-state index in [1.54, 1.807) is 51.1 Å². The lowest BCUT2D eigenvalue weighted by atomic mass is 10.2. The van der Waals surface area contributed by atoms with E-state index in [0.717, 1.165) is 4.57 Å². The van der Waals surface area contributed by atoms with Crippen LogP contribution in [0.1, 0.15) is 27.0 Å². The van der Waals surface area contributed by atoms with Crippen molar-refractivity contribution in [3.05, 3.63) is 53.1 Å². The van der Waals surface area contributed by atoms with Gasteiger partial charge in [0.1, 0.15) is 29.8 Å². The van der Waals surface area contributed by atoms with Gasteiger partial charge >= 0.3 is 18.3 Å². The number of esters is 1. The zero-order valence-electron chi connectivity index (χ0n) is 19.6. The number of carbonyl (C=O) groups excluding carboxylic acids is 1. The van der Waals surface area contributed by atoms with Gasteiger partial charge < -0.3 is 29.4 Å². The third kappa shape index (κ3) is 6.96. The Kier molecular flexibility index (Phi) is 9.40. The molecule has 15 heteroatoms. The van der Waals surface area contributed by atoms with Gasteiger partial charge in [-0.1, -0.05) is 41.4 Å². The molecule has 36 heavy (non-hydrogen) atoms. The summed E-state index contributed by atoms with van der Waals surface area (Å²) < 4.78 is 21.9. The summed E-state index contributed by atoms with van der Waals surface area (Å²) >= 11 is 18.4. The molecule has 1 aromatic carbocycles. The molecule has 1 aliphatic heterocycles. The standard InChI is InChI=1S/C21H27Cl2N4O7PS/c1-12(2)32-18(29)13(3)26-35(36,34-14-7-5-4-6-8-14)31-11-15-17(28)21(22,23)19(33-15)27-10-9-16(24)25-20(27)30/h4-10,12-13,15,17,19,28H,11H2,1-3H3,(H,26,36)(H2,24,25,30)/t13?,15-,17-,19-,35?/m1/s1. The van der Waals surface area contributed by atoms with Crippen molar-refractivity contribution in [2.75, 3.05) is 12.3 Å². The van der Waals surface area contributed by atoms with Gasteiger partial charge in [0, 0.05) is 6.20 Å². The summed E-state index contributed by atoms with van der Waals surface area (Å²) in [5.74, 6) is -0.154. The molecule has 0 radical (unpaired) electrons. The fourth-order valence-corrected chi connectivity index (χ4v) is 6.23. The van der Waals surface area contributed by atoms with Crippen LogP contribution in [0.3, 0.4) is 0 Å². The number of aliphatic hydroxyl groups is 1. The van der Waals surface area contributed by atoms with Crippen molar-refractivity contribution in [1.82, 2.24) is 14.6 Å². The number of nitrogens with two attached hydrogens (primary N) is 1. The summed E-state index contributed by atoms with van der Waals surface area (Å²) in [5, 5.41) is 13.7. The number of benzene rings is 1. The maximum Gasteiger partial charge on any atom is 0.351 e. The van der Waals surface area contributed by atoms with Crippen LogP contribution in [0.25, 0.3) is 0 Å². The third-order valence-corrected chi connectivity index (χ3v) is 8.24. The number of anilines is 1. The minimum absolute atomic E-state index is 0.000590. The number of rotatable bonds is 10. The van der Waals surface area contributed by atoms with Crippen LogP contribution in [0.4, 0.5) is 5.82 Å². The molecular weight excluding hydrogens is 554 g/mol. The second-order valence-corrected chi connectivity index (χ2v) is 12.8. The van der Waals surface area contributed by atoms with Gasteiger partial charge in [-0.2, -0.15) is 4.98 Å². The van der Waals surface area contributed by atoms with Crippen molar-refractivity contribution in [3.8, 4) is 5.75 Å². The van der Waals surface area contributed by atoms with Crippen molar-refractivity contribution in [1.29, 1.82) is 0 Å². The molecule has 0 amide bonds. The van der Waals surface area contributed by atoms with E-state index in [-0.39, 0.29) is 18.5 Å². The van der Waals surface area contributed by atoms with Crippen LogP contribution >= 0.6 is 29.8 Å². The molecular formula is C21H27Cl2N4O7PS. The van der Waals surface area contributed by atoms with Crippen LogP contribution in [0.2, 0.25) is 0 Å².